The van der Waals surface area contributed by atoms with Gasteiger partial charge in [-0.15, -0.1) is 0 Å². The van der Waals surface area contributed by atoms with E-state index < -0.39 is 0 Å². The summed E-state index contributed by atoms with van der Waals surface area (Å²) in [5, 5.41) is 0.767. The highest BCUT2D eigenvalue weighted by Gasteiger charge is 2.21. The number of benzene rings is 1. The highest BCUT2D eigenvalue weighted by Crippen LogP contribution is 2.18. The number of hydrogen-bond acceptors (Lipinski definition) is 3. The van der Waals surface area contributed by atoms with Crippen LogP contribution in [-0.2, 0) is 0 Å². The molecule has 1 aromatic rings. The van der Waals surface area contributed by atoms with Gasteiger partial charge in [0.2, 0.25) is 0 Å². The topological polar surface area (TPSA) is 32.5 Å². The molecule has 4 heteroatoms. The van der Waals surface area contributed by atoms with Gasteiger partial charge in [-0.05, 0) is 38.1 Å². The highest BCUT2D eigenvalue weighted by molar-refractivity contribution is 6.30. The lowest BCUT2D eigenvalue weighted by Gasteiger charge is -2.38. The van der Waals surface area contributed by atoms with Crippen LogP contribution in [0.3, 0.4) is 0 Å². The molecule has 2 atom stereocenters. The zero-order chi connectivity index (χ0) is 13.8. The normalized spacial score (nSPS) is 23.5. The van der Waals surface area contributed by atoms with Gasteiger partial charge in [-0.3, -0.25) is 4.90 Å². The Morgan fingerprint density at radius 2 is 2.00 bits per heavy atom. The Balaban J connectivity index is 1.83. The molecule has 2 N–H and O–H groups in total. The van der Waals surface area contributed by atoms with E-state index in [1.807, 2.05) is 24.3 Å². The maximum atomic E-state index is 6.25. The van der Waals surface area contributed by atoms with Crippen molar-refractivity contribution in [1.82, 2.24) is 9.80 Å². The van der Waals surface area contributed by atoms with Crippen molar-refractivity contribution in [1.29, 1.82) is 0 Å². The quantitative estimate of drug-likeness (QED) is 0.920. The average molecular weight is 282 g/mol. The van der Waals surface area contributed by atoms with Crippen LogP contribution in [0.1, 0.15) is 24.9 Å². The van der Waals surface area contributed by atoms with Crippen LogP contribution in [0.25, 0.3) is 0 Å². The third-order valence-corrected chi connectivity index (χ3v) is 4.25. The molecule has 0 radical (unpaired) electrons. The summed E-state index contributed by atoms with van der Waals surface area (Å²) in [5.41, 5.74) is 7.43. The monoisotopic (exact) mass is 281 g/mol. The summed E-state index contributed by atoms with van der Waals surface area (Å²) < 4.78 is 0. The molecule has 2 rings (SSSR count). The SMILES string of the molecule is CC1CN(C)CCN1CCC(N)c1ccc(Cl)cc1. The fourth-order valence-electron chi connectivity index (χ4n) is 2.69. The van der Waals surface area contributed by atoms with Crippen molar-refractivity contribution in [2.45, 2.75) is 25.4 Å². The predicted molar refractivity (Wildman–Crippen MR) is 81.5 cm³/mol. The molecule has 0 bridgehead atoms. The van der Waals surface area contributed by atoms with Crippen molar-refractivity contribution >= 4 is 11.6 Å². The summed E-state index contributed by atoms with van der Waals surface area (Å²) in [4.78, 5) is 4.93. The van der Waals surface area contributed by atoms with E-state index in [1.165, 1.54) is 5.56 Å². The van der Waals surface area contributed by atoms with E-state index >= 15 is 0 Å². The minimum Gasteiger partial charge on any atom is -0.324 e. The summed E-state index contributed by atoms with van der Waals surface area (Å²) in [6, 6.07) is 8.60. The molecule has 1 heterocycles. The fraction of sp³-hybridized carbons (Fsp3) is 0.600. The second-order valence-corrected chi connectivity index (χ2v) is 6.03. The molecule has 0 amide bonds. The predicted octanol–water partition coefficient (Wildman–Crippen LogP) is 2.37. The van der Waals surface area contributed by atoms with Crippen LogP contribution in [0.5, 0.6) is 0 Å². The first-order chi connectivity index (χ1) is 9.06. The Morgan fingerprint density at radius 1 is 1.32 bits per heavy atom. The molecule has 3 nitrogen and oxygen atoms in total. The van der Waals surface area contributed by atoms with E-state index in [9.17, 15) is 0 Å². The van der Waals surface area contributed by atoms with Crippen LogP contribution in [0.2, 0.25) is 5.02 Å². The maximum Gasteiger partial charge on any atom is 0.0406 e. The zero-order valence-corrected chi connectivity index (χ0v) is 12.6. The Labute approximate surface area is 121 Å². The molecule has 1 aliphatic rings. The Hall–Kier alpha value is -0.610. The lowest BCUT2D eigenvalue weighted by Crippen LogP contribution is -2.50. The molecule has 0 aliphatic carbocycles. The number of nitrogens with zero attached hydrogens (tertiary/aromatic N) is 2. The molecule has 1 aliphatic heterocycles. The molecule has 19 heavy (non-hydrogen) atoms. The Morgan fingerprint density at radius 3 is 2.63 bits per heavy atom. The molecule has 0 spiro atoms. The summed E-state index contributed by atoms with van der Waals surface area (Å²) in [5.74, 6) is 0. The van der Waals surface area contributed by atoms with Crippen molar-refractivity contribution < 1.29 is 0 Å². The van der Waals surface area contributed by atoms with Crippen molar-refractivity contribution in [2.24, 2.45) is 5.73 Å². The molecule has 0 saturated carbocycles. The zero-order valence-electron chi connectivity index (χ0n) is 11.8. The highest BCUT2D eigenvalue weighted by atomic mass is 35.5. The van der Waals surface area contributed by atoms with Gasteiger partial charge in [-0.1, -0.05) is 23.7 Å². The van der Waals surface area contributed by atoms with Gasteiger partial charge in [0.15, 0.2) is 0 Å². The van der Waals surface area contributed by atoms with Crippen LogP contribution in [-0.4, -0.2) is 49.1 Å². The third-order valence-electron chi connectivity index (χ3n) is 3.99. The minimum atomic E-state index is 0.101. The van der Waals surface area contributed by atoms with Gasteiger partial charge >= 0.3 is 0 Å². The van der Waals surface area contributed by atoms with E-state index in [1.54, 1.807) is 0 Å². The fourth-order valence-corrected chi connectivity index (χ4v) is 2.82. The van der Waals surface area contributed by atoms with Gasteiger partial charge in [0.05, 0.1) is 0 Å². The van der Waals surface area contributed by atoms with E-state index in [0.717, 1.165) is 37.6 Å². The number of hydrogen-bond donors (Lipinski definition) is 1. The number of nitrogens with two attached hydrogens (primary N) is 1. The van der Waals surface area contributed by atoms with E-state index in [-0.39, 0.29) is 6.04 Å². The van der Waals surface area contributed by atoms with Crippen LogP contribution in [0, 0.1) is 0 Å². The Bertz CT molecular complexity index is 393. The van der Waals surface area contributed by atoms with E-state index in [2.05, 4.69) is 23.8 Å². The van der Waals surface area contributed by atoms with E-state index in [4.69, 9.17) is 17.3 Å². The summed E-state index contributed by atoms with van der Waals surface area (Å²) in [6.07, 6.45) is 0.996. The number of rotatable bonds is 4. The summed E-state index contributed by atoms with van der Waals surface area (Å²) >= 11 is 5.89. The van der Waals surface area contributed by atoms with Gasteiger partial charge in [0.25, 0.3) is 0 Å². The maximum absolute atomic E-state index is 6.25. The van der Waals surface area contributed by atoms with E-state index in [0.29, 0.717) is 6.04 Å². The molecular formula is C15H24ClN3. The average Bonchev–Trinajstić information content (AvgIpc) is 2.38. The van der Waals surface area contributed by atoms with Crippen molar-refractivity contribution in [3.05, 3.63) is 34.9 Å². The first-order valence-electron chi connectivity index (χ1n) is 7.00. The van der Waals surface area contributed by atoms with Crippen LogP contribution in [0.15, 0.2) is 24.3 Å². The van der Waals surface area contributed by atoms with Crippen LogP contribution < -0.4 is 5.73 Å². The lowest BCUT2D eigenvalue weighted by atomic mass is 10.0. The molecular weight excluding hydrogens is 258 g/mol. The van der Waals surface area contributed by atoms with Crippen molar-refractivity contribution in [3.8, 4) is 0 Å². The summed E-state index contributed by atoms with van der Waals surface area (Å²) in [6.45, 7) is 6.81. The molecule has 1 saturated heterocycles. The van der Waals surface area contributed by atoms with Gasteiger partial charge in [0.1, 0.15) is 0 Å². The van der Waals surface area contributed by atoms with Gasteiger partial charge in [-0.25, -0.2) is 0 Å². The van der Waals surface area contributed by atoms with Crippen LogP contribution >= 0.6 is 11.6 Å². The van der Waals surface area contributed by atoms with Gasteiger partial charge in [-0.2, -0.15) is 0 Å². The standard InChI is InChI=1S/C15H24ClN3/c1-12-11-18(2)9-10-19(12)8-7-15(17)13-3-5-14(16)6-4-13/h3-6,12,15H,7-11,17H2,1-2H3. The van der Waals surface area contributed by atoms with Crippen LogP contribution in [0.4, 0.5) is 0 Å². The number of likely N-dealkylation sites (N-methyl/N-ethyl adjacent to an activating group) is 1. The number of halogens is 1. The third kappa shape index (κ3) is 4.18. The first-order valence-corrected chi connectivity index (χ1v) is 7.37. The van der Waals surface area contributed by atoms with Gasteiger partial charge in [0, 0.05) is 43.3 Å². The summed E-state index contributed by atoms with van der Waals surface area (Å²) in [7, 11) is 2.19. The molecule has 1 fully saturated rings. The van der Waals surface area contributed by atoms with Crippen molar-refractivity contribution in [2.75, 3.05) is 33.2 Å². The van der Waals surface area contributed by atoms with Crippen molar-refractivity contribution in [3.63, 3.8) is 0 Å². The molecule has 0 aromatic heterocycles. The second kappa shape index (κ2) is 6.71. The molecule has 1 aromatic carbocycles. The minimum absolute atomic E-state index is 0.101. The second-order valence-electron chi connectivity index (χ2n) is 5.59. The smallest absolute Gasteiger partial charge is 0.0406 e. The largest absolute Gasteiger partial charge is 0.324 e. The lowest BCUT2D eigenvalue weighted by molar-refractivity contribution is 0.0973. The molecule has 106 valence electrons. The van der Waals surface area contributed by atoms with Gasteiger partial charge < -0.3 is 10.6 Å². The Kier molecular flexibility index (Phi) is 5.22. The first kappa shape index (κ1) is 14.8. The number of piperazine rings is 1. The molecule has 2 unspecified atom stereocenters.